The molecular weight excluding hydrogens is 404 g/mol. The number of pyridine rings is 1. The number of piperazine rings is 1. The Morgan fingerprint density at radius 1 is 0.875 bits per heavy atom. The minimum absolute atomic E-state index is 0.522. The van der Waals surface area contributed by atoms with E-state index in [0.717, 1.165) is 71.7 Å². The number of benzene rings is 1. The van der Waals surface area contributed by atoms with E-state index in [4.69, 9.17) is 19.6 Å². The molecule has 0 aliphatic carbocycles. The maximum absolute atomic E-state index is 6.00. The zero-order chi connectivity index (χ0) is 21.5. The molecule has 0 unspecified atom stereocenters. The minimum atomic E-state index is 0.522. The van der Waals surface area contributed by atoms with Crippen LogP contribution in [-0.4, -0.2) is 70.9 Å². The Bertz CT molecular complexity index is 1260. The third kappa shape index (κ3) is 3.23. The minimum Gasteiger partial charge on any atom is -0.486 e. The van der Waals surface area contributed by atoms with Gasteiger partial charge in [0.15, 0.2) is 17.1 Å². The molecule has 0 amide bonds. The molecule has 6 rings (SSSR count). The Labute approximate surface area is 186 Å². The van der Waals surface area contributed by atoms with E-state index in [1.165, 1.54) is 0 Å². The highest BCUT2D eigenvalue weighted by atomic mass is 16.6. The summed E-state index contributed by atoms with van der Waals surface area (Å²) >= 11 is 0. The van der Waals surface area contributed by atoms with Crippen LogP contribution in [0.5, 0.6) is 11.5 Å². The smallest absolute Gasteiger partial charge is 0.170 e. The first-order chi connectivity index (χ1) is 15.8. The molecule has 0 saturated carbocycles. The summed E-state index contributed by atoms with van der Waals surface area (Å²) in [7, 11) is 2.16. The molecule has 1 fully saturated rings. The summed E-state index contributed by atoms with van der Waals surface area (Å²) in [5.74, 6) is 2.44. The van der Waals surface area contributed by atoms with E-state index >= 15 is 0 Å². The highest BCUT2D eigenvalue weighted by Gasteiger charge is 2.25. The lowest BCUT2D eigenvalue weighted by molar-refractivity contribution is 0.172. The molecule has 162 valence electrons. The molecule has 0 bridgehead atoms. The molecule has 3 aromatic heterocycles. The Hall–Kier alpha value is -3.65. The Morgan fingerprint density at radius 3 is 2.53 bits per heavy atom. The molecule has 8 nitrogen and oxygen atoms in total. The predicted octanol–water partition coefficient (Wildman–Crippen LogP) is 2.98. The molecule has 1 saturated heterocycles. The molecule has 32 heavy (non-hydrogen) atoms. The fraction of sp³-hybridized carbons (Fsp3) is 0.292. The predicted molar refractivity (Wildman–Crippen MR) is 122 cm³/mol. The number of likely N-dealkylation sites (N-methyl/N-ethyl adjacent to an activating group) is 1. The Kier molecular flexibility index (Phi) is 4.65. The van der Waals surface area contributed by atoms with Gasteiger partial charge in [-0.2, -0.15) is 0 Å². The van der Waals surface area contributed by atoms with Crippen molar-refractivity contribution in [1.29, 1.82) is 0 Å². The van der Waals surface area contributed by atoms with Crippen LogP contribution in [0.2, 0.25) is 0 Å². The van der Waals surface area contributed by atoms with E-state index in [0.29, 0.717) is 13.2 Å². The van der Waals surface area contributed by atoms with Crippen molar-refractivity contribution in [3.8, 4) is 34.0 Å². The second-order valence-electron chi connectivity index (χ2n) is 8.13. The van der Waals surface area contributed by atoms with Crippen molar-refractivity contribution in [3.63, 3.8) is 0 Å². The van der Waals surface area contributed by atoms with Crippen LogP contribution >= 0.6 is 0 Å². The third-order valence-electron chi connectivity index (χ3n) is 6.07. The molecule has 2 aliphatic rings. The number of nitrogens with zero attached hydrogens (tertiary/aromatic N) is 6. The number of imidazole rings is 1. The lowest BCUT2D eigenvalue weighted by Crippen LogP contribution is -2.44. The normalized spacial score (nSPS) is 16.5. The number of hydrogen-bond donors (Lipinski definition) is 0. The number of aromatic nitrogens is 4. The first-order valence-electron chi connectivity index (χ1n) is 10.9. The summed E-state index contributed by atoms with van der Waals surface area (Å²) in [6, 6.07) is 14.0. The maximum Gasteiger partial charge on any atom is 0.170 e. The third-order valence-corrected chi connectivity index (χ3v) is 6.07. The lowest BCUT2D eigenvalue weighted by atomic mass is 10.0. The van der Waals surface area contributed by atoms with Crippen LogP contribution in [-0.2, 0) is 0 Å². The number of hydrogen-bond acceptors (Lipinski definition) is 7. The number of ether oxygens (including phenoxy) is 2. The first kappa shape index (κ1) is 19.1. The van der Waals surface area contributed by atoms with Gasteiger partial charge in [0.2, 0.25) is 0 Å². The average Bonchev–Trinajstić information content (AvgIpc) is 3.23. The van der Waals surface area contributed by atoms with E-state index < -0.39 is 0 Å². The number of para-hydroxylation sites is 1. The SMILES string of the molecule is CN1CCN(c2ccc3nc(-c4cccc5c4OCCO5)c(-c4ccncc4)n3n2)CC1. The van der Waals surface area contributed by atoms with Crippen LogP contribution in [0.4, 0.5) is 5.82 Å². The molecule has 0 radical (unpaired) electrons. The molecule has 4 aromatic rings. The Morgan fingerprint density at radius 2 is 1.69 bits per heavy atom. The van der Waals surface area contributed by atoms with Gasteiger partial charge in [0, 0.05) is 49.7 Å². The fourth-order valence-corrected chi connectivity index (χ4v) is 4.34. The molecule has 5 heterocycles. The Balaban J connectivity index is 1.55. The van der Waals surface area contributed by atoms with Gasteiger partial charge in [-0.1, -0.05) is 6.07 Å². The molecule has 0 N–H and O–H groups in total. The highest BCUT2D eigenvalue weighted by Crippen LogP contribution is 2.43. The van der Waals surface area contributed by atoms with Gasteiger partial charge < -0.3 is 19.3 Å². The fourth-order valence-electron chi connectivity index (χ4n) is 4.34. The van der Waals surface area contributed by atoms with Gasteiger partial charge in [-0.3, -0.25) is 4.98 Å². The lowest BCUT2D eigenvalue weighted by Gasteiger charge is -2.33. The van der Waals surface area contributed by atoms with Gasteiger partial charge in [0.05, 0.1) is 0 Å². The van der Waals surface area contributed by atoms with E-state index in [9.17, 15) is 0 Å². The second-order valence-corrected chi connectivity index (χ2v) is 8.13. The standard InChI is InChI=1S/C24H24N6O2/c1-28-11-13-29(14-12-28)21-6-5-20-26-22(18-3-2-4-19-24(18)32-16-15-31-19)23(30(20)27-21)17-7-9-25-10-8-17/h2-10H,11-16H2,1H3. The second kappa shape index (κ2) is 7.80. The number of rotatable bonds is 3. The van der Waals surface area contributed by atoms with Crippen LogP contribution in [0, 0.1) is 0 Å². The molecule has 0 atom stereocenters. The van der Waals surface area contributed by atoms with Crippen molar-refractivity contribution < 1.29 is 9.47 Å². The maximum atomic E-state index is 6.00. The van der Waals surface area contributed by atoms with Gasteiger partial charge in [-0.05, 0) is 43.4 Å². The van der Waals surface area contributed by atoms with E-state index in [-0.39, 0.29) is 0 Å². The zero-order valence-electron chi connectivity index (χ0n) is 17.9. The number of anilines is 1. The topological polar surface area (TPSA) is 68.0 Å². The van der Waals surface area contributed by atoms with E-state index in [1.54, 1.807) is 12.4 Å². The first-order valence-corrected chi connectivity index (χ1v) is 10.9. The van der Waals surface area contributed by atoms with Crippen LogP contribution in [0.15, 0.2) is 54.9 Å². The van der Waals surface area contributed by atoms with Crippen molar-refractivity contribution in [3.05, 3.63) is 54.9 Å². The zero-order valence-corrected chi connectivity index (χ0v) is 17.9. The van der Waals surface area contributed by atoms with Crippen molar-refractivity contribution >= 4 is 11.5 Å². The molecule has 8 heteroatoms. The average molecular weight is 428 g/mol. The summed E-state index contributed by atoms with van der Waals surface area (Å²) in [5, 5.41) is 5.03. The van der Waals surface area contributed by atoms with Crippen molar-refractivity contribution in [2.45, 2.75) is 0 Å². The van der Waals surface area contributed by atoms with Gasteiger partial charge in [0.1, 0.15) is 30.4 Å². The summed E-state index contributed by atoms with van der Waals surface area (Å²) in [5.41, 5.74) is 4.43. The van der Waals surface area contributed by atoms with E-state index in [1.807, 2.05) is 40.9 Å². The largest absolute Gasteiger partial charge is 0.486 e. The van der Waals surface area contributed by atoms with Crippen molar-refractivity contribution in [2.24, 2.45) is 0 Å². The summed E-state index contributed by atoms with van der Waals surface area (Å²) in [6.07, 6.45) is 3.59. The van der Waals surface area contributed by atoms with Gasteiger partial charge in [-0.25, -0.2) is 9.50 Å². The molecular formula is C24H24N6O2. The van der Waals surface area contributed by atoms with Crippen LogP contribution < -0.4 is 14.4 Å². The van der Waals surface area contributed by atoms with Gasteiger partial charge in [-0.15, -0.1) is 5.10 Å². The number of fused-ring (bicyclic) bond motifs is 2. The molecule has 2 aliphatic heterocycles. The summed E-state index contributed by atoms with van der Waals surface area (Å²) in [6.45, 7) is 5.04. The monoisotopic (exact) mass is 428 g/mol. The van der Waals surface area contributed by atoms with Crippen LogP contribution in [0.25, 0.3) is 28.2 Å². The van der Waals surface area contributed by atoms with Gasteiger partial charge >= 0.3 is 0 Å². The highest BCUT2D eigenvalue weighted by molar-refractivity contribution is 5.85. The summed E-state index contributed by atoms with van der Waals surface area (Å²) < 4.78 is 13.8. The van der Waals surface area contributed by atoms with E-state index in [2.05, 4.69) is 27.9 Å². The summed E-state index contributed by atoms with van der Waals surface area (Å²) in [4.78, 5) is 13.9. The molecule has 1 aromatic carbocycles. The van der Waals surface area contributed by atoms with Gasteiger partial charge in [0.25, 0.3) is 0 Å². The van der Waals surface area contributed by atoms with Crippen molar-refractivity contribution in [2.75, 3.05) is 51.3 Å². The quantitative estimate of drug-likeness (QED) is 0.497. The molecule has 0 spiro atoms. The van der Waals surface area contributed by atoms with Crippen molar-refractivity contribution in [1.82, 2.24) is 24.5 Å². The van der Waals surface area contributed by atoms with Crippen LogP contribution in [0.3, 0.4) is 0 Å². The van der Waals surface area contributed by atoms with Crippen LogP contribution in [0.1, 0.15) is 0 Å².